The smallest absolute Gasteiger partial charge is 0.282 e. The molecule has 0 saturated heterocycles. The predicted molar refractivity (Wildman–Crippen MR) is 102 cm³/mol. The first kappa shape index (κ1) is 19.5. The van der Waals surface area contributed by atoms with Crippen molar-refractivity contribution >= 4 is 54.5 Å². The second-order valence-electron chi connectivity index (χ2n) is 5.56. The van der Waals surface area contributed by atoms with Gasteiger partial charge in [-0.25, -0.2) is 0 Å². The number of hydrogen-bond acceptors (Lipinski definition) is 5. The lowest BCUT2D eigenvalue weighted by atomic mass is 10.1. The second kappa shape index (κ2) is 7.02. The Morgan fingerprint density at radius 2 is 1.59 bits per heavy atom. The summed E-state index contributed by atoms with van der Waals surface area (Å²) in [4.78, 5) is 2.91. The summed E-state index contributed by atoms with van der Waals surface area (Å²) in [5.41, 5.74) is 0.837. The number of hydrogen-bond donors (Lipinski definition) is 2. The number of fused-ring (bicyclic) bond motifs is 1. The Hall–Kier alpha value is -2.30. The second-order valence-corrected chi connectivity index (χ2v) is 8.81. The van der Waals surface area contributed by atoms with Gasteiger partial charge in [-0.05, 0) is 41.3 Å². The maximum absolute atomic E-state index is 11.8. The lowest BCUT2D eigenvalue weighted by Crippen LogP contribution is -2.04. The Morgan fingerprint density at radius 3 is 2.22 bits per heavy atom. The molecule has 3 aromatic carbocycles. The molecule has 0 amide bonds. The van der Waals surface area contributed by atoms with Crippen molar-refractivity contribution in [2.45, 2.75) is 9.79 Å². The lowest BCUT2D eigenvalue weighted by Gasteiger charge is -2.09. The highest BCUT2D eigenvalue weighted by molar-refractivity contribution is 7.86. The number of benzene rings is 3. The van der Waals surface area contributed by atoms with Crippen molar-refractivity contribution in [3.05, 3.63) is 65.2 Å². The molecule has 27 heavy (non-hydrogen) atoms. The van der Waals surface area contributed by atoms with Gasteiger partial charge in [0.25, 0.3) is 20.2 Å². The summed E-state index contributed by atoms with van der Waals surface area (Å²) in [5, 5.41) is 0.678. The Kier molecular flexibility index (Phi) is 5.06. The summed E-state index contributed by atoms with van der Waals surface area (Å²) in [6.45, 7) is 0. The highest BCUT2D eigenvalue weighted by Gasteiger charge is 2.22. The molecule has 0 atom stereocenters. The van der Waals surface area contributed by atoms with Crippen molar-refractivity contribution < 1.29 is 25.9 Å². The summed E-state index contributed by atoms with van der Waals surface area (Å²) >= 11 is 5.91. The molecule has 0 aromatic heterocycles. The van der Waals surface area contributed by atoms with Crippen LogP contribution < -0.4 is 0 Å². The zero-order chi connectivity index (χ0) is 19.8. The van der Waals surface area contributed by atoms with Gasteiger partial charge in [0.15, 0.2) is 0 Å². The molecule has 0 radical (unpaired) electrons. The van der Waals surface area contributed by atoms with Crippen LogP contribution in [0.4, 0.5) is 5.69 Å². The number of nitrogens with zero attached hydrogens (tertiary/aromatic N) is 1. The molecule has 0 saturated carbocycles. The standard InChI is InChI=1S/C17H12ClNO6S2/c18-13-5-1-3-11(7-13)10-19-15-6-2-4-12-8-14(26(20,21)22)9-16(17(12)15)27(23,24)25/h1-10H,(H,20,21,22)(H,23,24,25). The van der Waals surface area contributed by atoms with Crippen molar-refractivity contribution in [3.63, 3.8) is 0 Å². The molecule has 0 aliphatic heterocycles. The van der Waals surface area contributed by atoms with Gasteiger partial charge in [-0.15, -0.1) is 0 Å². The normalized spacial score (nSPS) is 12.7. The molecule has 0 fully saturated rings. The largest absolute Gasteiger partial charge is 0.295 e. The molecule has 0 spiro atoms. The maximum Gasteiger partial charge on any atom is 0.295 e. The van der Waals surface area contributed by atoms with Gasteiger partial charge in [0.05, 0.1) is 10.6 Å². The van der Waals surface area contributed by atoms with Crippen molar-refractivity contribution in [2.24, 2.45) is 4.99 Å². The zero-order valence-corrected chi connectivity index (χ0v) is 15.8. The minimum Gasteiger partial charge on any atom is -0.282 e. The molecule has 0 aliphatic carbocycles. The Morgan fingerprint density at radius 1 is 0.889 bits per heavy atom. The van der Waals surface area contributed by atoms with E-state index in [1.807, 2.05) is 0 Å². The highest BCUT2D eigenvalue weighted by Crippen LogP contribution is 2.34. The monoisotopic (exact) mass is 425 g/mol. The van der Waals surface area contributed by atoms with Gasteiger partial charge in [0.2, 0.25) is 0 Å². The third kappa shape index (κ3) is 4.34. The van der Waals surface area contributed by atoms with Gasteiger partial charge >= 0.3 is 0 Å². The van der Waals surface area contributed by atoms with Gasteiger partial charge in [-0.1, -0.05) is 35.9 Å². The number of halogens is 1. The Balaban J connectivity index is 2.29. The fourth-order valence-corrected chi connectivity index (χ4v) is 4.11. The van der Waals surface area contributed by atoms with E-state index in [0.717, 1.165) is 6.07 Å². The van der Waals surface area contributed by atoms with E-state index in [-0.39, 0.29) is 16.5 Å². The molecule has 10 heteroatoms. The summed E-state index contributed by atoms with van der Waals surface area (Å²) < 4.78 is 65.2. The van der Waals surface area contributed by atoms with Crippen LogP contribution in [0.25, 0.3) is 10.8 Å². The molecule has 0 aliphatic rings. The molecule has 3 aromatic rings. The van der Waals surface area contributed by atoms with Gasteiger partial charge in [0.1, 0.15) is 4.90 Å². The van der Waals surface area contributed by atoms with Crippen molar-refractivity contribution in [1.29, 1.82) is 0 Å². The van der Waals surface area contributed by atoms with Crippen molar-refractivity contribution in [3.8, 4) is 0 Å². The topological polar surface area (TPSA) is 121 Å². The van der Waals surface area contributed by atoms with E-state index in [1.165, 1.54) is 24.4 Å². The molecule has 0 heterocycles. The van der Waals surface area contributed by atoms with Crippen molar-refractivity contribution in [1.82, 2.24) is 0 Å². The summed E-state index contributed by atoms with van der Waals surface area (Å²) in [6, 6.07) is 13.1. The van der Waals surface area contributed by atoms with E-state index < -0.39 is 30.0 Å². The summed E-state index contributed by atoms with van der Waals surface area (Å²) in [6.07, 6.45) is 1.45. The third-order valence-corrected chi connectivity index (χ3v) is 5.61. The number of aliphatic imine (C=N–C) groups is 1. The van der Waals surface area contributed by atoms with E-state index in [2.05, 4.69) is 4.99 Å². The number of rotatable bonds is 4. The molecule has 7 nitrogen and oxygen atoms in total. The highest BCUT2D eigenvalue weighted by atomic mass is 35.5. The molecule has 140 valence electrons. The van der Waals surface area contributed by atoms with Crippen LogP contribution in [0.5, 0.6) is 0 Å². The van der Waals surface area contributed by atoms with E-state index in [1.54, 1.807) is 24.3 Å². The molecule has 2 N–H and O–H groups in total. The van der Waals surface area contributed by atoms with Crippen LogP contribution in [0.1, 0.15) is 5.56 Å². The molecular weight excluding hydrogens is 414 g/mol. The molecule has 3 rings (SSSR count). The average molecular weight is 426 g/mol. The fourth-order valence-electron chi connectivity index (χ4n) is 2.53. The Labute approximate surface area is 160 Å². The molecule has 0 unspecified atom stereocenters. The predicted octanol–water partition coefficient (Wildman–Crippen LogP) is 3.74. The van der Waals surface area contributed by atoms with E-state index in [9.17, 15) is 25.9 Å². The van der Waals surface area contributed by atoms with Gasteiger partial charge in [-0.3, -0.25) is 14.1 Å². The third-order valence-electron chi connectivity index (χ3n) is 3.67. The van der Waals surface area contributed by atoms with Crippen molar-refractivity contribution in [2.75, 3.05) is 0 Å². The first-order chi connectivity index (χ1) is 12.6. The summed E-state index contributed by atoms with van der Waals surface area (Å²) in [5.74, 6) is 0. The van der Waals surface area contributed by atoms with E-state index >= 15 is 0 Å². The minimum atomic E-state index is -4.79. The minimum absolute atomic E-state index is 0.0191. The van der Waals surface area contributed by atoms with Gasteiger partial charge in [-0.2, -0.15) is 16.8 Å². The van der Waals surface area contributed by atoms with Crippen LogP contribution in [0.2, 0.25) is 5.02 Å². The fraction of sp³-hybridized carbons (Fsp3) is 0. The lowest BCUT2D eigenvalue weighted by molar-refractivity contribution is 0.482. The van der Waals surface area contributed by atoms with Crippen LogP contribution in [0.3, 0.4) is 0 Å². The first-order valence-corrected chi connectivity index (χ1v) is 10.6. The van der Waals surface area contributed by atoms with Gasteiger partial charge < -0.3 is 0 Å². The molecular formula is C17H12ClNO6S2. The van der Waals surface area contributed by atoms with Crippen LogP contribution >= 0.6 is 11.6 Å². The van der Waals surface area contributed by atoms with Crippen LogP contribution in [-0.2, 0) is 20.2 Å². The van der Waals surface area contributed by atoms with Crippen LogP contribution in [-0.4, -0.2) is 32.2 Å². The summed E-state index contributed by atoms with van der Waals surface area (Å²) in [7, 11) is -9.47. The first-order valence-electron chi connectivity index (χ1n) is 7.37. The van der Waals surface area contributed by atoms with Crippen LogP contribution in [0, 0.1) is 0 Å². The van der Waals surface area contributed by atoms with E-state index in [4.69, 9.17) is 11.6 Å². The zero-order valence-electron chi connectivity index (χ0n) is 13.4. The quantitative estimate of drug-likeness (QED) is 0.485. The van der Waals surface area contributed by atoms with Crippen LogP contribution in [0.15, 0.2) is 69.4 Å². The average Bonchev–Trinajstić information content (AvgIpc) is 2.57. The van der Waals surface area contributed by atoms with Gasteiger partial charge in [0, 0.05) is 16.6 Å². The van der Waals surface area contributed by atoms with E-state index in [0.29, 0.717) is 16.7 Å². The SMILES string of the molecule is O=S(=O)(O)c1cc(S(=O)(=O)O)c2c(N=Cc3cccc(Cl)c3)cccc2c1. The maximum atomic E-state index is 11.8. The Bertz CT molecular complexity index is 1280. The molecule has 0 bridgehead atoms.